The lowest BCUT2D eigenvalue weighted by Gasteiger charge is -2.02. The summed E-state index contributed by atoms with van der Waals surface area (Å²) in [5.41, 5.74) is -0.484. The normalized spacial score (nSPS) is 11.5. The van der Waals surface area contributed by atoms with E-state index in [0.717, 1.165) is 10.6 Å². The van der Waals surface area contributed by atoms with Crippen molar-refractivity contribution in [2.45, 2.75) is 0 Å². The first-order valence-corrected chi connectivity index (χ1v) is 5.38. The van der Waals surface area contributed by atoms with E-state index in [9.17, 15) is 14.4 Å². The summed E-state index contributed by atoms with van der Waals surface area (Å²) in [4.78, 5) is 38.4. The van der Waals surface area contributed by atoms with E-state index in [2.05, 4.69) is 4.98 Å². The van der Waals surface area contributed by atoms with Gasteiger partial charge in [-0.05, 0) is 6.08 Å². The molecule has 8 heteroatoms. The van der Waals surface area contributed by atoms with Crippen LogP contribution >= 0.6 is 0 Å². The first-order chi connectivity index (χ1) is 8.84. The van der Waals surface area contributed by atoms with Gasteiger partial charge in [-0.15, -0.1) is 0 Å². The van der Waals surface area contributed by atoms with Crippen LogP contribution in [-0.2, 0) is 25.9 Å². The Bertz CT molecular complexity index is 822. The molecule has 2 heterocycles. The lowest BCUT2D eigenvalue weighted by atomic mass is 10.4. The fourth-order valence-corrected chi connectivity index (χ4v) is 1.83. The predicted octanol–water partition coefficient (Wildman–Crippen LogP) is -0.931. The fraction of sp³-hybridized carbons (Fsp3) is 0.273. The second-order valence-electron chi connectivity index (χ2n) is 4.08. The van der Waals surface area contributed by atoms with Crippen molar-refractivity contribution in [3.63, 3.8) is 0 Å². The van der Waals surface area contributed by atoms with Crippen molar-refractivity contribution in [3.8, 4) is 0 Å². The first-order valence-electron chi connectivity index (χ1n) is 5.38. The summed E-state index contributed by atoms with van der Waals surface area (Å²) in [6.45, 7) is 0. The van der Waals surface area contributed by atoms with E-state index < -0.39 is 17.2 Å². The van der Waals surface area contributed by atoms with Crippen LogP contribution in [0.25, 0.3) is 17.2 Å². The van der Waals surface area contributed by atoms with Crippen LogP contribution in [0.2, 0.25) is 0 Å². The SMILES string of the molecule is Cn1c(=O)c2c(nc(/C=C/C(=O)O)n2C)n(C)c1=O. The summed E-state index contributed by atoms with van der Waals surface area (Å²) in [6, 6.07) is 0. The zero-order chi connectivity index (χ0) is 14.3. The highest BCUT2D eigenvalue weighted by molar-refractivity contribution is 5.85. The molecule has 0 amide bonds. The molecule has 19 heavy (non-hydrogen) atoms. The lowest BCUT2D eigenvalue weighted by molar-refractivity contribution is -0.131. The van der Waals surface area contributed by atoms with Crippen molar-refractivity contribution >= 4 is 23.2 Å². The van der Waals surface area contributed by atoms with Gasteiger partial charge in [-0.3, -0.25) is 13.9 Å². The van der Waals surface area contributed by atoms with Gasteiger partial charge in [0.25, 0.3) is 5.56 Å². The number of hydrogen-bond donors (Lipinski definition) is 1. The second-order valence-corrected chi connectivity index (χ2v) is 4.08. The number of aromatic nitrogens is 4. The summed E-state index contributed by atoms with van der Waals surface area (Å²) < 4.78 is 3.68. The van der Waals surface area contributed by atoms with E-state index in [1.807, 2.05) is 0 Å². The van der Waals surface area contributed by atoms with Gasteiger partial charge in [-0.1, -0.05) is 0 Å². The Morgan fingerprint density at radius 2 is 1.79 bits per heavy atom. The monoisotopic (exact) mass is 264 g/mol. The lowest BCUT2D eigenvalue weighted by Crippen LogP contribution is -2.37. The number of hydrogen-bond acceptors (Lipinski definition) is 4. The molecule has 8 nitrogen and oxygen atoms in total. The third-order valence-corrected chi connectivity index (χ3v) is 2.89. The average molecular weight is 264 g/mol. The minimum Gasteiger partial charge on any atom is -0.478 e. The third-order valence-electron chi connectivity index (χ3n) is 2.89. The largest absolute Gasteiger partial charge is 0.478 e. The molecule has 0 atom stereocenters. The summed E-state index contributed by atoms with van der Waals surface area (Å²) in [6.07, 6.45) is 2.19. The number of carboxylic acid groups (broad SMARTS) is 1. The van der Waals surface area contributed by atoms with Crippen molar-refractivity contribution in [3.05, 3.63) is 32.7 Å². The zero-order valence-corrected chi connectivity index (χ0v) is 10.6. The van der Waals surface area contributed by atoms with Gasteiger partial charge in [0, 0.05) is 27.2 Å². The number of rotatable bonds is 2. The van der Waals surface area contributed by atoms with E-state index in [-0.39, 0.29) is 17.0 Å². The molecule has 100 valence electrons. The van der Waals surface area contributed by atoms with Crippen LogP contribution in [0, 0.1) is 0 Å². The fourth-order valence-electron chi connectivity index (χ4n) is 1.83. The van der Waals surface area contributed by atoms with E-state index in [0.29, 0.717) is 0 Å². The Morgan fingerprint density at radius 1 is 1.16 bits per heavy atom. The van der Waals surface area contributed by atoms with Gasteiger partial charge in [0.2, 0.25) is 0 Å². The minimum absolute atomic E-state index is 0.223. The van der Waals surface area contributed by atoms with E-state index in [1.54, 1.807) is 7.05 Å². The minimum atomic E-state index is -1.12. The number of carboxylic acids is 1. The predicted molar refractivity (Wildman–Crippen MR) is 67.9 cm³/mol. The second kappa shape index (κ2) is 4.23. The summed E-state index contributed by atoms with van der Waals surface area (Å²) in [5, 5.41) is 8.59. The van der Waals surface area contributed by atoms with Gasteiger partial charge in [0.1, 0.15) is 5.82 Å². The number of aliphatic carboxylic acids is 1. The smallest absolute Gasteiger partial charge is 0.332 e. The van der Waals surface area contributed by atoms with Crippen molar-refractivity contribution in [2.24, 2.45) is 21.1 Å². The van der Waals surface area contributed by atoms with Crippen molar-refractivity contribution < 1.29 is 9.90 Å². The number of fused-ring (bicyclic) bond motifs is 1. The van der Waals surface area contributed by atoms with Crippen LogP contribution in [0.3, 0.4) is 0 Å². The Labute approximate surface area is 106 Å². The van der Waals surface area contributed by atoms with Gasteiger partial charge >= 0.3 is 11.7 Å². The van der Waals surface area contributed by atoms with E-state index in [1.165, 1.54) is 29.3 Å². The van der Waals surface area contributed by atoms with Gasteiger partial charge in [0.05, 0.1) is 0 Å². The van der Waals surface area contributed by atoms with Gasteiger partial charge < -0.3 is 9.67 Å². The highest BCUT2D eigenvalue weighted by atomic mass is 16.4. The molecule has 0 saturated carbocycles. The quantitative estimate of drug-likeness (QED) is 0.706. The Hall–Kier alpha value is -2.64. The molecule has 0 aliphatic heterocycles. The average Bonchev–Trinajstić information content (AvgIpc) is 2.69. The Morgan fingerprint density at radius 3 is 2.37 bits per heavy atom. The molecule has 0 aromatic carbocycles. The number of aryl methyl sites for hydroxylation is 2. The molecule has 1 N–H and O–H groups in total. The molecule has 0 radical (unpaired) electrons. The van der Waals surface area contributed by atoms with E-state index >= 15 is 0 Å². The maximum Gasteiger partial charge on any atom is 0.332 e. The molecule has 2 aromatic heterocycles. The van der Waals surface area contributed by atoms with Crippen LogP contribution in [0.5, 0.6) is 0 Å². The maximum atomic E-state index is 12.0. The number of imidazole rings is 1. The molecule has 0 bridgehead atoms. The van der Waals surface area contributed by atoms with Crippen molar-refractivity contribution in [1.82, 2.24) is 18.7 Å². The molecule has 0 fully saturated rings. The number of nitrogens with zero attached hydrogens (tertiary/aromatic N) is 4. The molecule has 0 spiro atoms. The van der Waals surface area contributed by atoms with Crippen LogP contribution in [0.4, 0.5) is 0 Å². The molecule has 0 aliphatic rings. The summed E-state index contributed by atoms with van der Waals surface area (Å²) in [7, 11) is 4.47. The van der Waals surface area contributed by atoms with Crippen LogP contribution in [-0.4, -0.2) is 29.8 Å². The van der Waals surface area contributed by atoms with Crippen LogP contribution < -0.4 is 11.2 Å². The first kappa shape index (κ1) is 12.8. The summed E-state index contributed by atoms with van der Waals surface area (Å²) in [5.74, 6) is -0.829. The van der Waals surface area contributed by atoms with Gasteiger partial charge in [-0.25, -0.2) is 14.6 Å². The van der Waals surface area contributed by atoms with Gasteiger partial charge in [0.15, 0.2) is 11.2 Å². The molecule has 0 aliphatic carbocycles. The summed E-state index contributed by atoms with van der Waals surface area (Å²) >= 11 is 0. The van der Waals surface area contributed by atoms with Crippen LogP contribution in [0.15, 0.2) is 15.7 Å². The number of carbonyl (C=O) groups is 1. The highest BCUT2D eigenvalue weighted by Crippen LogP contribution is 2.09. The topological polar surface area (TPSA) is 99.1 Å². The zero-order valence-electron chi connectivity index (χ0n) is 10.6. The van der Waals surface area contributed by atoms with Crippen molar-refractivity contribution in [2.75, 3.05) is 0 Å². The molecular weight excluding hydrogens is 252 g/mol. The molecule has 0 saturated heterocycles. The third kappa shape index (κ3) is 1.86. The Balaban J connectivity index is 2.89. The van der Waals surface area contributed by atoms with Crippen LogP contribution in [0.1, 0.15) is 5.82 Å². The Kier molecular flexibility index (Phi) is 2.85. The maximum absolute atomic E-state index is 12.0. The highest BCUT2D eigenvalue weighted by Gasteiger charge is 2.15. The molecule has 2 rings (SSSR count). The molecule has 2 aromatic rings. The molecule has 0 unspecified atom stereocenters. The van der Waals surface area contributed by atoms with Crippen molar-refractivity contribution in [1.29, 1.82) is 0 Å². The van der Waals surface area contributed by atoms with E-state index in [4.69, 9.17) is 5.11 Å². The standard InChI is InChI=1S/C11H12N4O4/c1-13-6(4-5-7(16)17)12-9-8(13)10(18)15(3)11(19)14(9)2/h4-5H,1-3H3,(H,16,17)/b5-4+. The molecular formula is C11H12N4O4. The van der Waals surface area contributed by atoms with Gasteiger partial charge in [-0.2, -0.15) is 0 Å².